The van der Waals surface area contributed by atoms with E-state index in [1.807, 2.05) is 16.7 Å². The molecule has 1 fully saturated rings. The Morgan fingerprint density at radius 2 is 1.92 bits per heavy atom. The van der Waals surface area contributed by atoms with E-state index in [4.69, 9.17) is 16.2 Å². The predicted molar refractivity (Wildman–Crippen MR) is 144 cm³/mol. The largest absolute Gasteiger partial charge is 0.324 e. The minimum absolute atomic E-state index is 0.00719. The Balaban J connectivity index is 1.40. The van der Waals surface area contributed by atoms with Crippen LogP contribution in [0, 0.1) is 6.92 Å². The van der Waals surface area contributed by atoms with Crippen LogP contribution in [0.4, 0.5) is 5.69 Å². The van der Waals surface area contributed by atoms with Crippen LogP contribution in [-0.2, 0) is 14.9 Å². The van der Waals surface area contributed by atoms with Crippen LogP contribution in [0.15, 0.2) is 63.3 Å². The van der Waals surface area contributed by atoms with Crippen molar-refractivity contribution in [2.24, 2.45) is 0 Å². The summed E-state index contributed by atoms with van der Waals surface area (Å²) in [6, 6.07) is 14.1. The number of carbonyl (C=O) groups excluding carboxylic acids is 1. The lowest BCUT2D eigenvalue weighted by molar-refractivity contribution is -0.113. The molecule has 0 saturated heterocycles. The van der Waals surface area contributed by atoms with E-state index in [1.165, 1.54) is 41.6 Å². The second-order valence-corrected chi connectivity index (χ2v) is 12.0. The van der Waals surface area contributed by atoms with Crippen LogP contribution in [-0.4, -0.2) is 39.4 Å². The molecule has 0 aliphatic heterocycles. The van der Waals surface area contributed by atoms with Crippen LogP contribution in [0.5, 0.6) is 0 Å². The number of benzene rings is 3. The molecule has 4 aromatic rings. The van der Waals surface area contributed by atoms with Crippen molar-refractivity contribution >= 4 is 71.8 Å². The summed E-state index contributed by atoms with van der Waals surface area (Å²) in [5.74, 6) is 0.249. The highest BCUT2D eigenvalue weighted by atomic mass is 79.9. The third-order valence-corrected chi connectivity index (χ3v) is 8.52. The Labute approximate surface area is 225 Å². The van der Waals surface area contributed by atoms with Gasteiger partial charge in [0.05, 0.1) is 27.0 Å². The van der Waals surface area contributed by atoms with E-state index in [0.29, 0.717) is 15.8 Å². The maximum atomic E-state index is 12.7. The first-order chi connectivity index (χ1) is 17.1. The van der Waals surface area contributed by atoms with Crippen molar-refractivity contribution in [2.75, 3.05) is 11.1 Å². The van der Waals surface area contributed by atoms with Crippen LogP contribution in [0.25, 0.3) is 16.5 Å². The summed E-state index contributed by atoms with van der Waals surface area (Å²) in [6.07, 6.45) is 2.41. The van der Waals surface area contributed by atoms with Crippen molar-refractivity contribution in [1.82, 2.24) is 14.8 Å². The lowest BCUT2D eigenvalue weighted by atomic mass is 9.96. The molecule has 3 aromatic carbocycles. The SMILES string of the molecule is Cc1cc(C2CC2)c2ccccc2c1-n1c(Br)nnc1SCC(=O)Nc1ccc(S(=O)(=O)O)cc1Cl. The summed E-state index contributed by atoms with van der Waals surface area (Å²) >= 11 is 10.8. The average molecular weight is 608 g/mol. The monoisotopic (exact) mass is 606 g/mol. The highest BCUT2D eigenvalue weighted by Gasteiger charge is 2.27. The van der Waals surface area contributed by atoms with Gasteiger partial charge in [0.15, 0.2) is 5.16 Å². The Morgan fingerprint density at radius 3 is 2.58 bits per heavy atom. The van der Waals surface area contributed by atoms with Crippen LogP contribution in [0.1, 0.15) is 29.9 Å². The number of amides is 1. The van der Waals surface area contributed by atoms with E-state index < -0.39 is 10.1 Å². The number of halogens is 2. The molecule has 0 spiro atoms. The number of aromatic nitrogens is 3. The van der Waals surface area contributed by atoms with Crippen LogP contribution in [0.3, 0.4) is 0 Å². The van der Waals surface area contributed by atoms with Crippen molar-refractivity contribution in [3.8, 4) is 5.69 Å². The Hall–Kier alpha value is -2.44. The number of hydrogen-bond acceptors (Lipinski definition) is 6. The number of nitrogens with zero attached hydrogens (tertiary/aromatic N) is 3. The molecule has 2 N–H and O–H groups in total. The summed E-state index contributed by atoms with van der Waals surface area (Å²) < 4.78 is 34.1. The third-order valence-electron chi connectivity index (χ3n) is 5.92. The fourth-order valence-electron chi connectivity index (χ4n) is 4.17. The molecule has 0 atom stereocenters. The van der Waals surface area contributed by atoms with Crippen LogP contribution >= 0.6 is 39.3 Å². The van der Waals surface area contributed by atoms with Gasteiger partial charge >= 0.3 is 0 Å². The number of thioether (sulfide) groups is 1. The first-order valence-electron chi connectivity index (χ1n) is 11.0. The molecule has 1 amide bonds. The molecule has 8 nitrogen and oxygen atoms in total. The lowest BCUT2D eigenvalue weighted by Crippen LogP contribution is -2.15. The summed E-state index contributed by atoms with van der Waals surface area (Å²) in [5.41, 5.74) is 3.64. The Bertz CT molecular complexity index is 1620. The molecule has 0 radical (unpaired) electrons. The fourth-order valence-corrected chi connectivity index (χ4v) is 6.25. The molecule has 0 bridgehead atoms. The number of anilines is 1. The van der Waals surface area contributed by atoms with Crippen molar-refractivity contribution < 1.29 is 17.8 Å². The minimum atomic E-state index is -4.39. The third kappa shape index (κ3) is 5.03. The van der Waals surface area contributed by atoms with Crippen molar-refractivity contribution in [2.45, 2.75) is 35.7 Å². The molecule has 1 heterocycles. The maximum Gasteiger partial charge on any atom is 0.294 e. The van der Waals surface area contributed by atoms with Gasteiger partial charge in [0, 0.05) is 5.39 Å². The smallest absolute Gasteiger partial charge is 0.294 e. The normalized spacial score (nSPS) is 13.8. The first kappa shape index (κ1) is 25.2. The predicted octanol–water partition coefficient (Wildman–Crippen LogP) is 6.00. The van der Waals surface area contributed by atoms with E-state index in [1.54, 1.807) is 0 Å². The molecule has 1 aliphatic carbocycles. The molecule has 1 aromatic heterocycles. The molecule has 12 heteroatoms. The van der Waals surface area contributed by atoms with Gasteiger partial charge in [-0.3, -0.25) is 13.9 Å². The van der Waals surface area contributed by atoms with Gasteiger partial charge in [-0.15, -0.1) is 10.2 Å². The second-order valence-electron chi connectivity index (χ2n) is 8.49. The summed E-state index contributed by atoms with van der Waals surface area (Å²) in [4.78, 5) is 12.3. The van der Waals surface area contributed by atoms with Gasteiger partial charge < -0.3 is 5.32 Å². The van der Waals surface area contributed by atoms with E-state index in [9.17, 15) is 13.2 Å². The number of nitrogens with one attached hydrogen (secondary N) is 1. The van der Waals surface area contributed by atoms with Gasteiger partial charge in [-0.1, -0.05) is 53.7 Å². The quantitative estimate of drug-likeness (QED) is 0.196. The minimum Gasteiger partial charge on any atom is -0.324 e. The van der Waals surface area contributed by atoms with E-state index in [0.717, 1.165) is 28.8 Å². The molecular formula is C24H20BrClN4O4S2. The van der Waals surface area contributed by atoms with Gasteiger partial charge in [-0.2, -0.15) is 8.42 Å². The zero-order chi connectivity index (χ0) is 25.6. The molecule has 0 unspecified atom stereocenters. The van der Waals surface area contributed by atoms with Gasteiger partial charge in [0.1, 0.15) is 0 Å². The van der Waals surface area contributed by atoms with Crippen LogP contribution < -0.4 is 5.32 Å². The summed E-state index contributed by atoms with van der Waals surface area (Å²) in [5, 5.41) is 14.0. The van der Waals surface area contributed by atoms with Crippen molar-refractivity contribution in [1.29, 1.82) is 0 Å². The molecule has 1 aliphatic rings. The summed E-state index contributed by atoms with van der Waals surface area (Å²) in [6.45, 7) is 2.07. The summed E-state index contributed by atoms with van der Waals surface area (Å²) in [7, 11) is -4.39. The van der Waals surface area contributed by atoms with Crippen molar-refractivity contribution in [3.63, 3.8) is 0 Å². The van der Waals surface area contributed by atoms with Crippen molar-refractivity contribution in [3.05, 3.63) is 69.4 Å². The van der Waals surface area contributed by atoms with E-state index in [-0.39, 0.29) is 27.3 Å². The number of rotatable bonds is 7. The standard InChI is InChI=1S/C24H20BrClN4O4S2/c1-13-10-18(14-6-7-14)16-4-2-3-5-17(16)22(13)30-23(25)28-29-24(30)35-12-21(31)27-20-9-8-15(11-19(20)26)36(32,33)34/h2-5,8-11,14H,6-7,12H2,1H3,(H,27,31)(H,32,33,34). The topological polar surface area (TPSA) is 114 Å². The average Bonchev–Trinajstić information content (AvgIpc) is 3.61. The number of fused-ring (bicyclic) bond motifs is 1. The van der Waals surface area contributed by atoms with E-state index >= 15 is 0 Å². The fraction of sp³-hybridized carbons (Fsp3) is 0.208. The highest BCUT2D eigenvalue weighted by molar-refractivity contribution is 9.10. The first-order valence-corrected chi connectivity index (χ1v) is 14.6. The Morgan fingerprint density at radius 1 is 1.19 bits per heavy atom. The lowest BCUT2D eigenvalue weighted by Gasteiger charge is -2.17. The van der Waals surface area contributed by atoms with Gasteiger partial charge in [-0.25, -0.2) is 0 Å². The molecule has 36 heavy (non-hydrogen) atoms. The maximum absolute atomic E-state index is 12.7. The van der Waals surface area contributed by atoms with Gasteiger partial charge in [0.2, 0.25) is 10.6 Å². The van der Waals surface area contributed by atoms with Crippen LogP contribution in [0.2, 0.25) is 5.02 Å². The highest BCUT2D eigenvalue weighted by Crippen LogP contribution is 2.45. The zero-order valence-corrected chi connectivity index (χ0v) is 22.9. The number of aryl methyl sites for hydroxylation is 1. The Kier molecular flexibility index (Phi) is 6.86. The van der Waals surface area contributed by atoms with Gasteiger partial charge in [0.25, 0.3) is 10.1 Å². The number of hydrogen-bond donors (Lipinski definition) is 2. The second kappa shape index (κ2) is 9.79. The number of carbonyl (C=O) groups is 1. The molecular weight excluding hydrogens is 588 g/mol. The molecule has 5 rings (SSSR count). The van der Waals surface area contributed by atoms with E-state index in [2.05, 4.69) is 56.6 Å². The van der Waals surface area contributed by atoms with Gasteiger partial charge in [-0.05, 0) is 76.3 Å². The zero-order valence-electron chi connectivity index (χ0n) is 18.9. The molecule has 1 saturated carbocycles. The molecule has 186 valence electrons.